The third-order valence-corrected chi connectivity index (χ3v) is 5.64. The first kappa shape index (κ1) is 22.2. The van der Waals surface area contributed by atoms with E-state index < -0.39 is 29.5 Å². The Morgan fingerprint density at radius 3 is 2.53 bits per heavy atom. The highest BCUT2D eigenvalue weighted by molar-refractivity contribution is 7.15. The molecule has 2 aromatic rings. The predicted molar refractivity (Wildman–Crippen MR) is 110 cm³/mol. The molecule has 1 aromatic heterocycles. The number of aromatic nitrogens is 2. The Balaban J connectivity index is 1.57. The monoisotopic (exact) mass is 437 g/mol. The van der Waals surface area contributed by atoms with Crippen LogP contribution in [0.2, 0.25) is 0 Å². The molecule has 0 radical (unpaired) electrons. The van der Waals surface area contributed by atoms with Crippen LogP contribution in [0, 0.1) is 11.6 Å². The molecule has 2 unspecified atom stereocenters. The number of benzene rings is 1. The SMILES string of the molecule is CCCC(NC(=O)Cc1cc(F)cc(F)c1)C(=O)Nc1nnc(C(C)NC2CC2)s1. The second-order valence-electron chi connectivity index (χ2n) is 7.46. The van der Waals surface area contributed by atoms with Crippen LogP contribution in [0.4, 0.5) is 13.9 Å². The molecule has 0 saturated heterocycles. The maximum Gasteiger partial charge on any atom is 0.248 e. The highest BCUT2D eigenvalue weighted by Crippen LogP contribution is 2.27. The molecule has 1 heterocycles. The van der Waals surface area contributed by atoms with E-state index in [1.54, 1.807) is 0 Å². The number of hydrogen-bond donors (Lipinski definition) is 3. The quantitative estimate of drug-likeness (QED) is 0.531. The van der Waals surface area contributed by atoms with Gasteiger partial charge in [-0.15, -0.1) is 10.2 Å². The summed E-state index contributed by atoms with van der Waals surface area (Å²) in [5.41, 5.74) is 0.201. The highest BCUT2D eigenvalue weighted by Gasteiger charge is 2.26. The lowest BCUT2D eigenvalue weighted by Crippen LogP contribution is -2.44. The minimum Gasteiger partial charge on any atom is -0.344 e. The fourth-order valence-electron chi connectivity index (χ4n) is 3.03. The Bertz CT molecular complexity index is 883. The first-order chi connectivity index (χ1) is 14.3. The van der Waals surface area contributed by atoms with Crippen LogP contribution in [0.15, 0.2) is 18.2 Å². The van der Waals surface area contributed by atoms with E-state index in [9.17, 15) is 18.4 Å². The fourth-order valence-corrected chi connectivity index (χ4v) is 3.79. The summed E-state index contributed by atoms with van der Waals surface area (Å²) in [5, 5.41) is 18.0. The van der Waals surface area contributed by atoms with Gasteiger partial charge in [-0.2, -0.15) is 0 Å². The van der Waals surface area contributed by atoms with E-state index in [-0.39, 0.29) is 18.0 Å². The Morgan fingerprint density at radius 1 is 1.20 bits per heavy atom. The number of nitrogens with zero attached hydrogens (tertiary/aromatic N) is 2. The lowest BCUT2D eigenvalue weighted by atomic mass is 10.1. The second kappa shape index (κ2) is 10.0. The summed E-state index contributed by atoms with van der Waals surface area (Å²) in [6, 6.07) is 2.73. The van der Waals surface area contributed by atoms with E-state index in [1.807, 2.05) is 13.8 Å². The van der Waals surface area contributed by atoms with Crippen LogP contribution in [0.3, 0.4) is 0 Å². The molecule has 2 amide bonds. The molecular weight excluding hydrogens is 412 g/mol. The molecule has 162 valence electrons. The second-order valence-corrected chi connectivity index (χ2v) is 8.47. The van der Waals surface area contributed by atoms with Crippen LogP contribution < -0.4 is 16.0 Å². The van der Waals surface area contributed by atoms with Crippen molar-refractivity contribution in [1.29, 1.82) is 0 Å². The van der Waals surface area contributed by atoms with Gasteiger partial charge >= 0.3 is 0 Å². The average molecular weight is 438 g/mol. The summed E-state index contributed by atoms with van der Waals surface area (Å²) >= 11 is 1.29. The average Bonchev–Trinajstić information content (AvgIpc) is 3.35. The van der Waals surface area contributed by atoms with E-state index in [2.05, 4.69) is 26.1 Å². The van der Waals surface area contributed by atoms with Crippen molar-refractivity contribution in [2.75, 3.05) is 5.32 Å². The molecule has 0 bridgehead atoms. The minimum atomic E-state index is -0.782. The van der Waals surface area contributed by atoms with Crippen LogP contribution in [-0.2, 0) is 16.0 Å². The molecule has 3 N–H and O–H groups in total. The van der Waals surface area contributed by atoms with E-state index in [0.29, 0.717) is 24.0 Å². The predicted octanol–water partition coefficient (Wildman–Crippen LogP) is 3.10. The number of anilines is 1. The van der Waals surface area contributed by atoms with E-state index in [1.165, 1.54) is 11.3 Å². The zero-order chi connectivity index (χ0) is 21.7. The topological polar surface area (TPSA) is 96.0 Å². The largest absolute Gasteiger partial charge is 0.344 e. The van der Waals surface area contributed by atoms with Crippen molar-refractivity contribution in [2.24, 2.45) is 0 Å². The summed E-state index contributed by atoms with van der Waals surface area (Å²) in [6.45, 7) is 3.89. The van der Waals surface area contributed by atoms with Crippen molar-refractivity contribution >= 4 is 28.3 Å². The molecule has 1 aliphatic carbocycles. The molecule has 7 nitrogen and oxygen atoms in total. The van der Waals surface area contributed by atoms with Crippen molar-refractivity contribution in [3.05, 3.63) is 40.4 Å². The lowest BCUT2D eigenvalue weighted by Gasteiger charge is -2.17. The Labute approximate surface area is 177 Å². The lowest BCUT2D eigenvalue weighted by molar-refractivity contribution is -0.126. The summed E-state index contributed by atoms with van der Waals surface area (Å²) in [6.07, 6.45) is 3.17. The van der Waals surface area contributed by atoms with Crippen LogP contribution in [-0.4, -0.2) is 34.1 Å². The van der Waals surface area contributed by atoms with Gasteiger partial charge in [0.15, 0.2) is 0 Å². The minimum absolute atomic E-state index is 0.0541. The van der Waals surface area contributed by atoms with E-state index in [0.717, 1.165) is 36.0 Å². The number of amides is 2. The third kappa shape index (κ3) is 6.53. The van der Waals surface area contributed by atoms with Crippen LogP contribution >= 0.6 is 11.3 Å². The smallest absolute Gasteiger partial charge is 0.248 e. The van der Waals surface area contributed by atoms with E-state index >= 15 is 0 Å². The van der Waals surface area contributed by atoms with Crippen LogP contribution in [0.25, 0.3) is 0 Å². The maximum absolute atomic E-state index is 13.3. The van der Waals surface area contributed by atoms with Gasteiger partial charge in [0.1, 0.15) is 22.7 Å². The molecule has 0 spiro atoms. The Hall–Kier alpha value is -2.46. The summed E-state index contributed by atoms with van der Waals surface area (Å²) < 4.78 is 26.6. The Kier molecular flexibility index (Phi) is 7.43. The van der Waals surface area contributed by atoms with Gasteiger partial charge < -0.3 is 10.6 Å². The van der Waals surface area contributed by atoms with Gasteiger partial charge in [-0.05, 0) is 43.9 Å². The fraction of sp³-hybridized carbons (Fsp3) is 0.500. The molecule has 10 heteroatoms. The molecule has 1 aliphatic rings. The number of nitrogens with one attached hydrogen (secondary N) is 3. The molecule has 1 aromatic carbocycles. The molecular formula is C20H25F2N5O2S. The first-order valence-corrected chi connectivity index (χ1v) is 10.8. The molecule has 3 rings (SSSR count). The molecule has 1 saturated carbocycles. The summed E-state index contributed by atoms with van der Waals surface area (Å²) in [5.74, 6) is -2.40. The summed E-state index contributed by atoms with van der Waals surface area (Å²) in [7, 11) is 0. The number of rotatable bonds is 10. The van der Waals surface area contributed by atoms with Crippen molar-refractivity contribution < 1.29 is 18.4 Å². The first-order valence-electron chi connectivity index (χ1n) is 9.98. The van der Waals surface area contributed by atoms with Crippen molar-refractivity contribution in [3.8, 4) is 0 Å². The van der Waals surface area contributed by atoms with Gasteiger partial charge in [-0.3, -0.25) is 14.9 Å². The van der Waals surface area contributed by atoms with Crippen LogP contribution in [0.5, 0.6) is 0 Å². The summed E-state index contributed by atoms with van der Waals surface area (Å²) in [4.78, 5) is 25.0. The number of hydrogen-bond acceptors (Lipinski definition) is 6. The highest BCUT2D eigenvalue weighted by atomic mass is 32.1. The van der Waals surface area contributed by atoms with Gasteiger partial charge in [0.25, 0.3) is 0 Å². The van der Waals surface area contributed by atoms with Crippen molar-refractivity contribution in [2.45, 2.75) is 64.1 Å². The van der Waals surface area contributed by atoms with E-state index in [4.69, 9.17) is 0 Å². The molecule has 1 fully saturated rings. The van der Waals surface area contributed by atoms with Crippen molar-refractivity contribution in [3.63, 3.8) is 0 Å². The van der Waals surface area contributed by atoms with Gasteiger partial charge in [-0.25, -0.2) is 8.78 Å². The normalized spacial score (nSPS) is 15.5. The van der Waals surface area contributed by atoms with Gasteiger partial charge in [0, 0.05) is 12.1 Å². The zero-order valence-electron chi connectivity index (χ0n) is 16.9. The van der Waals surface area contributed by atoms with Gasteiger partial charge in [-0.1, -0.05) is 24.7 Å². The third-order valence-electron chi connectivity index (χ3n) is 4.62. The standard InChI is InChI=1S/C20H25F2N5O2S/c1-3-4-16(24-17(28)9-12-7-13(21)10-14(22)8-12)18(29)25-20-27-26-19(30-20)11(2)23-15-5-6-15/h7-8,10-11,15-16,23H,3-6,9H2,1-2H3,(H,24,28)(H,25,27,29). The van der Waals surface area contributed by atoms with Crippen molar-refractivity contribution in [1.82, 2.24) is 20.8 Å². The van der Waals surface area contributed by atoms with Gasteiger partial charge in [0.05, 0.1) is 12.5 Å². The van der Waals surface area contributed by atoms with Gasteiger partial charge in [0.2, 0.25) is 16.9 Å². The maximum atomic E-state index is 13.3. The number of carbonyl (C=O) groups excluding carboxylic acids is 2. The van der Waals surface area contributed by atoms with Crippen LogP contribution in [0.1, 0.15) is 56.1 Å². The number of halogens is 2. The molecule has 0 aliphatic heterocycles. The molecule has 2 atom stereocenters. The Morgan fingerprint density at radius 2 is 1.90 bits per heavy atom. The molecule has 30 heavy (non-hydrogen) atoms. The zero-order valence-corrected chi connectivity index (χ0v) is 17.7. The number of carbonyl (C=O) groups is 2.